The highest BCUT2D eigenvalue weighted by Crippen LogP contribution is 2.56. The van der Waals surface area contributed by atoms with Gasteiger partial charge in [0.05, 0.1) is 0 Å². The van der Waals surface area contributed by atoms with Crippen LogP contribution in [0.2, 0.25) is 0 Å². The van der Waals surface area contributed by atoms with Gasteiger partial charge in [-0.2, -0.15) is 17.6 Å². The van der Waals surface area contributed by atoms with Crippen LogP contribution in [0.5, 0.6) is 0 Å². The maximum absolute atomic E-state index is 12.8. The molecule has 0 aliphatic carbocycles. The summed E-state index contributed by atoms with van der Waals surface area (Å²) in [4.78, 5) is 11.5. The lowest BCUT2D eigenvalue weighted by atomic mass is 10.1. The van der Waals surface area contributed by atoms with Crippen LogP contribution in [0.4, 0.5) is 26.3 Å². The maximum Gasteiger partial charge on any atom is 0.390 e. The van der Waals surface area contributed by atoms with E-state index in [0.29, 0.717) is 0 Å². The molecule has 0 fully saturated rings. The molecule has 0 rings (SSSR count). The third kappa shape index (κ3) is 8.25. The molecule has 0 spiro atoms. The zero-order valence-corrected chi connectivity index (χ0v) is 12.8. The van der Waals surface area contributed by atoms with Crippen molar-refractivity contribution < 1.29 is 49.5 Å². The Labute approximate surface area is 127 Å². The molecule has 0 bridgehead atoms. The van der Waals surface area contributed by atoms with Crippen LogP contribution < -0.4 is 0 Å². The van der Waals surface area contributed by atoms with Crippen molar-refractivity contribution in [1.29, 1.82) is 0 Å². The number of alkyl halides is 6. The minimum Gasteiger partial charge on any atom is -0.446 e. The molecule has 0 aromatic heterocycles. The lowest BCUT2D eigenvalue weighted by molar-refractivity contribution is -0.224. The smallest absolute Gasteiger partial charge is 0.390 e. The molecular weight excluding hydrogens is 357 g/mol. The summed E-state index contributed by atoms with van der Waals surface area (Å²) in [6, 6.07) is 0. The number of esters is 1. The Bertz CT molecular complexity index is 494. The van der Waals surface area contributed by atoms with Crippen LogP contribution >= 0.6 is 7.60 Å². The van der Waals surface area contributed by atoms with Crippen molar-refractivity contribution in [2.24, 2.45) is 0 Å². The van der Waals surface area contributed by atoms with E-state index in [4.69, 9.17) is 6.42 Å². The SMILES string of the molecule is C#CC(C)(C)OC(=O)CP(=O)(OC(F)(F)CF)OC(F)(F)CF. The lowest BCUT2D eigenvalue weighted by Crippen LogP contribution is -2.32. The topological polar surface area (TPSA) is 61.8 Å². The number of carbonyl (C=O) groups is 1. The lowest BCUT2D eigenvalue weighted by Gasteiger charge is -2.26. The molecule has 0 saturated carbocycles. The monoisotopic (exact) mass is 370 g/mol. The van der Waals surface area contributed by atoms with E-state index in [1.807, 2.05) is 5.92 Å². The van der Waals surface area contributed by atoms with Gasteiger partial charge < -0.3 is 4.74 Å². The second-order valence-electron chi connectivity index (χ2n) is 4.62. The average molecular weight is 370 g/mol. The van der Waals surface area contributed by atoms with Gasteiger partial charge in [-0.25, -0.2) is 17.8 Å². The van der Waals surface area contributed by atoms with Crippen molar-refractivity contribution in [2.75, 3.05) is 19.5 Å². The molecule has 0 atom stereocenters. The van der Waals surface area contributed by atoms with E-state index in [0.717, 1.165) is 0 Å². The summed E-state index contributed by atoms with van der Waals surface area (Å²) < 4.78 is 98.3. The van der Waals surface area contributed by atoms with E-state index < -0.39 is 50.9 Å². The molecule has 134 valence electrons. The quantitative estimate of drug-likeness (QED) is 0.270. The van der Waals surface area contributed by atoms with Crippen LogP contribution in [-0.4, -0.2) is 43.3 Å². The first kappa shape index (κ1) is 21.8. The third-order valence-corrected chi connectivity index (χ3v) is 3.63. The number of hydrogen-bond acceptors (Lipinski definition) is 5. The van der Waals surface area contributed by atoms with E-state index in [1.165, 1.54) is 13.8 Å². The van der Waals surface area contributed by atoms with Crippen LogP contribution in [0.1, 0.15) is 13.8 Å². The molecule has 0 aliphatic heterocycles. The van der Waals surface area contributed by atoms with Gasteiger partial charge in [0.25, 0.3) is 0 Å². The van der Waals surface area contributed by atoms with Crippen molar-refractivity contribution >= 4 is 13.6 Å². The fourth-order valence-corrected chi connectivity index (χ4v) is 2.50. The molecule has 0 amide bonds. The maximum atomic E-state index is 12.8. The predicted molar refractivity (Wildman–Crippen MR) is 65.5 cm³/mol. The van der Waals surface area contributed by atoms with Crippen LogP contribution in [-0.2, 0) is 23.1 Å². The molecule has 0 aromatic rings. The molecule has 0 aliphatic rings. The largest absolute Gasteiger partial charge is 0.446 e. The van der Waals surface area contributed by atoms with Gasteiger partial charge >= 0.3 is 25.8 Å². The Morgan fingerprint density at radius 2 is 1.48 bits per heavy atom. The molecule has 12 heteroatoms. The predicted octanol–water partition coefficient (Wildman–Crippen LogP) is 3.29. The van der Waals surface area contributed by atoms with Crippen LogP contribution in [0.15, 0.2) is 0 Å². The Balaban J connectivity index is 5.33. The van der Waals surface area contributed by atoms with Gasteiger partial charge in [0.1, 0.15) is 6.16 Å². The van der Waals surface area contributed by atoms with E-state index in [-0.39, 0.29) is 0 Å². The molecule has 0 N–H and O–H groups in total. The zero-order chi connectivity index (χ0) is 18.5. The average Bonchev–Trinajstić information content (AvgIpc) is 2.35. The normalized spacial score (nSPS) is 13.5. The number of hydrogen-bond donors (Lipinski definition) is 0. The summed E-state index contributed by atoms with van der Waals surface area (Å²) in [5.74, 6) is 0.336. The zero-order valence-electron chi connectivity index (χ0n) is 12.0. The highest BCUT2D eigenvalue weighted by atomic mass is 31.2. The summed E-state index contributed by atoms with van der Waals surface area (Å²) in [5, 5.41) is 0. The standard InChI is InChI=1S/C11H13F6O5P/c1-4-9(2,3)20-8(18)5-23(19,21-10(14,15)6-12)22-11(16,17)7-13/h1H,5-7H2,2-3H3. The first-order chi connectivity index (χ1) is 10.2. The Morgan fingerprint density at radius 1 is 1.09 bits per heavy atom. The summed E-state index contributed by atoms with van der Waals surface area (Å²) in [7, 11) is -5.67. The number of carbonyl (C=O) groups excluding carboxylic acids is 1. The number of terminal acetylenes is 1. The Hall–Kier alpha value is -1.24. The van der Waals surface area contributed by atoms with E-state index in [2.05, 4.69) is 13.8 Å². The molecule has 0 heterocycles. The third-order valence-electron chi connectivity index (χ3n) is 1.90. The fraction of sp³-hybridized carbons (Fsp3) is 0.727. The molecule has 23 heavy (non-hydrogen) atoms. The Morgan fingerprint density at radius 3 is 1.78 bits per heavy atom. The number of rotatable bonds is 9. The van der Waals surface area contributed by atoms with Crippen molar-refractivity contribution in [3.63, 3.8) is 0 Å². The van der Waals surface area contributed by atoms with Crippen molar-refractivity contribution in [2.45, 2.75) is 31.7 Å². The van der Waals surface area contributed by atoms with Crippen molar-refractivity contribution in [3.8, 4) is 12.3 Å². The molecule has 0 saturated heterocycles. The van der Waals surface area contributed by atoms with E-state index in [1.54, 1.807) is 0 Å². The second kappa shape index (κ2) is 7.55. The van der Waals surface area contributed by atoms with Gasteiger partial charge in [-0.3, -0.25) is 9.36 Å². The van der Waals surface area contributed by atoms with Crippen LogP contribution in [0.3, 0.4) is 0 Å². The van der Waals surface area contributed by atoms with Crippen LogP contribution in [0.25, 0.3) is 0 Å². The summed E-state index contributed by atoms with van der Waals surface area (Å²) >= 11 is 0. The highest BCUT2D eigenvalue weighted by Gasteiger charge is 2.49. The van der Waals surface area contributed by atoms with Crippen molar-refractivity contribution in [1.82, 2.24) is 0 Å². The first-order valence-corrected chi connectivity index (χ1v) is 7.50. The Kier molecular flexibility index (Phi) is 7.15. The van der Waals surface area contributed by atoms with Gasteiger partial charge in [0.15, 0.2) is 19.0 Å². The van der Waals surface area contributed by atoms with Gasteiger partial charge in [0.2, 0.25) is 0 Å². The summed E-state index contributed by atoms with van der Waals surface area (Å²) in [6.07, 6.45) is -6.40. The van der Waals surface area contributed by atoms with Gasteiger partial charge in [-0.15, -0.1) is 6.42 Å². The van der Waals surface area contributed by atoms with E-state index >= 15 is 0 Å². The van der Waals surface area contributed by atoms with Gasteiger partial charge in [0, 0.05) is 0 Å². The number of halogens is 6. The minimum absolute atomic E-state index is 1.17. The van der Waals surface area contributed by atoms with Crippen molar-refractivity contribution in [3.05, 3.63) is 0 Å². The number of ether oxygens (including phenoxy) is 1. The molecule has 0 aromatic carbocycles. The van der Waals surface area contributed by atoms with Gasteiger partial charge in [-0.1, -0.05) is 5.92 Å². The van der Waals surface area contributed by atoms with E-state index in [9.17, 15) is 35.7 Å². The summed E-state index contributed by atoms with van der Waals surface area (Å²) in [6.45, 7) is -2.76. The highest BCUT2D eigenvalue weighted by molar-refractivity contribution is 7.54. The summed E-state index contributed by atoms with van der Waals surface area (Å²) in [5.41, 5.74) is -1.59. The van der Waals surface area contributed by atoms with Gasteiger partial charge in [-0.05, 0) is 13.8 Å². The second-order valence-corrected chi connectivity index (χ2v) is 6.53. The van der Waals surface area contributed by atoms with Crippen LogP contribution in [0, 0.1) is 12.3 Å². The minimum atomic E-state index is -5.67. The molecule has 5 nitrogen and oxygen atoms in total. The first-order valence-electron chi connectivity index (χ1n) is 5.77. The molecule has 0 unspecified atom stereocenters. The molecule has 0 radical (unpaired) electrons. The fourth-order valence-electron chi connectivity index (χ4n) is 1.04. The molecular formula is C11H13F6O5P.